The van der Waals surface area contributed by atoms with Gasteiger partial charge in [-0.05, 0) is 50.5 Å². The zero-order valence-electron chi connectivity index (χ0n) is 17.7. The summed E-state index contributed by atoms with van der Waals surface area (Å²) >= 11 is 0. The number of amides is 1. The number of benzene rings is 1. The molecular weight excluding hydrogens is 384 g/mol. The molecular formula is C23H30N2O5. The SMILES string of the molecule is CCOc1ccccc1OCCCC(=O)N1CCC(n2cccc2C(=O)OC)CC1. The summed E-state index contributed by atoms with van der Waals surface area (Å²) < 4.78 is 18.2. The lowest BCUT2D eigenvalue weighted by atomic mass is 10.0. The minimum atomic E-state index is -0.329. The van der Waals surface area contributed by atoms with Crippen LogP contribution in [0.1, 0.15) is 49.1 Å². The third kappa shape index (κ3) is 5.34. The van der Waals surface area contributed by atoms with E-state index in [4.69, 9.17) is 14.2 Å². The van der Waals surface area contributed by atoms with Crippen LogP contribution in [0.4, 0.5) is 0 Å². The molecule has 0 aliphatic carbocycles. The quantitative estimate of drug-likeness (QED) is 0.462. The summed E-state index contributed by atoms with van der Waals surface area (Å²) in [4.78, 5) is 26.4. The normalized spacial score (nSPS) is 14.4. The fourth-order valence-corrected chi connectivity index (χ4v) is 3.79. The largest absolute Gasteiger partial charge is 0.490 e. The number of likely N-dealkylation sites (tertiary alicyclic amines) is 1. The minimum absolute atomic E-state index is 0.149. The van der Waals surface area contributed by atoms with E-state index in [0.29, 0.717) is 50.6 Å². The summed E-state index contributed by atoms with van der Waals surface area (Å²) in [6, 6.07) is 11.4. The van der Waals surface area contributed by atoms with Crippen molar-refractivity contribution < 1.29 is 23.8 Å². The van der Waals surface area contributed by atoms with Gasteiger partial charge in [-0.3, -0.25) is 4.79 Å². The lowest BCUT2D eigenvalue weighted by Gasteiger charge is -2.33. The fourth-order valence-electron chi connectivity index (χ4n) is 3.79. The van der Waals surface area contributed by atoms with E-state index < -0.39 is 0 Å². The van der Waals surface area contributed by atoms with Crippen molar-refractivity contribution in [1.82, 2.24) is 9.47 Å². The summed E-state index contributed by atoms with van der Waals surface area (Å²) in [5.74, 6) is 1.26. The van der Waals surface area contributed by atoms with Crippen molar-refractivity contribution in [1.29, 1.82) is 0 Å². The van der Waals surface area contributed by atoms with Crippen LogP contribution in [0.3, 0.4) is 0 Å². The zero-order chi connectivity index (χ0) is 21.3. The van der Waals surface area contributed by atoms with Gasteiger partial charge in [-0.25, -0.2) is 4.79 Å². The molecule has 1 aliphatic rings. The van der Waals surface area contributed by atoms with E-state index >= 15 is 0 Å². The van der Waals surface area contributed by atoms with Gasteiger partial charge < -0.3 is 23.7 Å². The van der Waals surface area contributed by atoms with Crippen LogP contribution in [0.5, 0.6) is 11.5 Å². The predicted octanol–water partition coefficient (Wildman–Crippen LogP) is 3.70. The lowest BCUT2D eigenvalue weighted by molar-refractivity contribution is -0.132. The molecule has 1 aromatic carbocycles. The number of carbonyl (C=O) groups is 2. The van der Waals surface area contributed by atoms with Gasteiger partial charge in [0.05, 0.1) is 20.3 Å². The van der Waals surface area contributed by atoms with Crippen molar-refractivity contribution in [2.24, 2.45) is 0 Å². The number of aromatic nitrogens is 1. The first-order chi connectivity index (χ1) is 14.6. The summed E-state index contributed by atoms with van der Waals surface area (Å²) in [6.07, 6.45) is 4.67. The highest BCUT2D eigenvalue weighted by Crippen LogP contribution is 2.27. The number of carbonyl (C=O) groups excluding carboxylic acids is 2. The van der Waals surface area contributed by atoms with E-state index in [1.54, 1.807) is 6.07 Å². The molecule has 0 saturated carbocycles. The van der Waals surface area contributed by atoms with Gasteiger partial charge in [-0.15, -0.1) is 0 Å². The Bertz CT molecular complexity index is 840. The molecule has 1 fully saturated rings. The lowest BCUT2D eigenvalue weighted by Crippen LogP contribution is -2.39. The first-order valence-corrected chi connectivity index (χ1v) is 10.5. The Kier molecular flexibility index (Phi) is 7.76. The Balaban J connectivity index is 1.42. The average Bonchev–Trinajstić information content (AvgIpc) is 3.27. The molecule has 1 aliphatic heterocycles. The molecule has 2 heterocycles. The molecule has 3 rings (SSSR count). The summed E-state index contributed by atoms with van der Waals surface area (Å²) in [6.45, 7) is 4.37. The van der Waals surface area contributed by atoms with Crippen molar-refractivity contribution in [3.05, 3.63) is 48.3 Å². The van der Waals surface area contributed by atoms with E-state index in [2.05, 4.69) is 0 Å². The number of para-hydroxylation sites is 2. The molecule has 1 aromatic heterocycles. The van der Waals surface area contributed by atoms with Crippen molar-refractivity contribution >= 4 is 11.9 Å². The van der Waals surface area contributed by atoms with E-state index in [1.165, 1.54) is 7.11 Å². The van der Waals surface area contributed by atoms with Crippen LogP contribution in [0.2, 0.25) is 0 Å². The first kappa shape index (κ1) is 21.7. The second-order valence-electron chi connectivity index (χ2n) is 7.24. The van der Waals surface area contributed by atoms with Crippen LogP contribution >= 0.6 is 0 Å². The van der Waals surface area contributed by atoms with E-state index in [-0.39, 0.29) is 17.9 Å². The molecule has 0 N–H and O–H groups in total. The summed E-state index contributed by atoms with van der Waals surface area (Å²) in [5, 5.41) is 0. The molecule has 7 nitrogen and oxygen atoms in total. The Hall–Kier alpha value is -2.96. The molecule has 7 heteroatoms. The number of hydrogen-bond donors (Lipinski definition) is 0. The van der Waals surface area contributed by atoms with Crippen LogP contribution in [-0.4, -0.2) is 54.8 Å². The molecule has 0 bridgehead atoms. The van der Waals surface area contributed by atoms with Crippen LogP contribution in [-0.2, 0) is 9.53 Å². The maximum atomic E-state index is 12.6. The average molecular weight is 415 g/mol. The molecule has 0 atom stereocenters. The maximum absolute atomic E-state index is 12.6. The van der Waals surface area contributed by atoms with Gasteiger partial charge in [0, 0.05) is 31.7 Å². The standard InChI is InChI=1S/C23H30N2O5/c1-3-29-20-9-4-5-10-21(20)30-17-7-11-22(26)24-15-12-18(13-16-24)25-14-6-8-19(25)23(27)28-2/h4-6,8-10,14,18H,3,7,11-13,15-17H2,1-2H3. The number of rotatable bonds is 9. The molecule has 0 spiro atoms. The Morgan fingerprint density at radius 3 is 2.40 bits per heavy atom. The number of piperidine rings is 1. The summed E-state index contributed by atoms with van der Waals surface area (Å²) in [5.41, 5.74) is 0.562. The van der Waals surface area contributed by atoms with Crippen molar-refractivity contribution in [2.75, 3.05) is 33.4 Å². The Morgan fingerprint density at radius 2 is 1.73 bits per heavy atom. The monoisotopic (exact) mass is 414 g/mol. The number of hydrogen-bond acceptors (Lipinski definition) is 5. The van der Waals surface area contributed by atoms with E-state index in [0.717, 1.165) is 18.6 Å². The van der Waals surface area contributed by atoms with Crippen LogP contribution < -0.4 is 9.47 Å². The molecule has 0 unspecified atom stereocenters. The minimum Gasteiger partial charge on any atom is -0.490 e. The highest BCUT2D eigenvalue weighted by Gasteiger charge is 2.25. The highest BCUT2D eigenvalue weighted by molar-refractivity contribution is 5.87. The topological polar surface area (TPSA) is 70.0 Å². The fraction of sp³-hybridized carbons (Fsp3) is 0.478. The summed E-state index contributed by atoms with van der Waals surface area (Å²) in [7, 11) is 1.39. The number of methoxy groups -OCH3 is 1. The van der Waals surface area contributed by atoms with Gasteiger partial charge in [0.1, 0.15) is 5.69 Å². The van der Waals surface area contributed by atoms with Gasteiger partial charge in [0.15, 0.2) is 11.5 Å². The first-order valence-electron chi connectivity index (χ1n) is 10.5. The molecule has 0 radical (unpaired) electrons. The molecule has 2 aromatic rings. The predicted molar refractivity (Wildman–Crippen MR) is 113 cm³/mol. The van der Waals surface area contributed by atoms with Gasteiger partial charge in [-0.2, -0.15) is 0 Å². The van der Waals surface area contributed by atoms with Crippen LogP contribution in [0.25, 0.3) is 0 Å². The number of esters is 1. The van der Waals surface area contributed by atoms with Crippen LogP contribution in [0.15, 0.2) is 42.6 Å². The Morgan fingerprint density at radius 1 is 1.03 bits per heavy atom. The molecule has 162 valence electrons. The highest BCUT2D eigenvalue weighted by atomic mass is 16.5. The van der Waals surface area contributed by atoms with Gasteiger partial charge in [0.25, 0.3) is 0 Å². The second-order valence-corrected chi connectivity index (χ2v) is 7.24. The zero-order valence-corrected chi connectivity index (χ0v) is 17.7. The van der Waals surface area contributed by atoms with E-state index in [9.17, 15) is 9.59 Å². The molecule has 1 saturated heterocycles. The van der Waals surface area contributed by atoms with Gasteiger partial charge in [-0.1, -0.05) is 12.1 Å². The smallest absolute Gasteiger partial charge is 0.354 e. The van der Waals surface area contributed by atoms with Gasteiger partial charge in [0.2, 0.25) is 5.91 Å². The second kappa shape index (κ2) is 10.7. The maximum Gasteiger partial charge on any atom is 0.354 e. The molecule has 30 heavy (non-hydrogen) atoms. The number of nitrogens with zero attached hydrogens (tertiary/aromatic N) is 2. The number of ether oxygens (including phenoxy) is 3. The van der Waals surface area contributed by atoms with Crippen molar-refractivity contribution in [3.8, 4) is 11.5 Å². The van der Waals surface area contributed by atoms with Crippen molar-refractivity contribution in [2.45, 2.75) is 38.6 Å². The third-order valence-electron chi connectivity index (χ3n) is 5.33. The van der Waals surface area contributed by atoms with Gasteiger partial charge >= 0.3 is 5.97 Å². The van der Waals surface area contributed by atoms with Crippen LogP contribution in [0, 0.1) is 0 Å². The van der Waals surface area contributed by atoms with E-state index in [1.807, 2.05) is 52.9 Å². The Labute approximate surface area is 177 Å². The van der Waals surface area contributed by atoms with Crippen molar-refractivity contribution in [3.63, 3.8) is 0 Å². The molecule has 1 amide bonds. The third-order valence-corrected chi connectivity index (χ3v) is 5.33.